The average molecular weight is 269 g/mol. The monoisotopic (exact) mass is 268 g/mol. The quantitative estimate of drug-likeness (QED) is 0.831. The lowest BCUT2D eigenvalue weighted by Gasteiger charge is -2.14. The molecule has 1 aromatic rings. The standard InChI is InChI=1S/C14H17ClO3/c1-9-8-12(18-3)11(10(2)14(9)15)6-4-5-7-13(16)17/h5,7-8H,4,6H2,1-3H3,(H,16,17)/b7-5+. The minimum Gasteiger partial charge on any atom is -0.496 e. The Labute approximate surface area is 112 Å². The molecule has 0 radical (unpaired) electrons. The number of carbonyl (C=O) groups is 1. The highest BCUT2D eigenvalue weighted by Gasteiger charge is 2.11. The Balaban J connectivity index is 2.94. The SMILES string of the molecule is COc1cc(C)c(Cl)c(C)c1CC/C=C/C(=O)O. The van der Waals surface area contributed by atoms with Gasteiger partial charge in [0, 0.05) is 11.1 Å². The number of carboxylic acids is 1. The summed E-state index contributed by atoms with van der Waals surface area (Å²) in [6.07, 6.45) is 4.13. The molecule has 0 aliphatic carbocycles. The van der Waals surface area contributed by atoms with Gasteiger partial charge in [0.05, 0.1) is 7.11 Å². The van der Waals surface area contributed by atoms with Crippen molar-refractivity contribution in [2.75, 3.05) is 7.11 Å². The van der Waals surface area contributed by atoms with Crippen LogP contribution >= 0.6 is 11.6 Å². The Morgan fingerprint density at radius 3 is 2.72 bits per heavy atom. The van der Waals surface area contributed by atoms with E-state index < -0.39 is 5.97 Å². The first kappa shape index (κ1) is 14.6. The zero-order valence-corrected chi connectivity index (χ0v) is 11.5. The second kappa shape index (κ2) is 6.45. The van der Waals surface area contributed by atoms with E-state index in [0.717, 1.165) is 33.5 Å². The van der Waals surface area contributed by atoms with Gasteiger partial charge in [0.2, 0.25) is 0 Å². The zero-order valence-electron chi connectivity index (χ0n) is 10.8. The molecule has 3 nitrogen and oxygen atoms in total. The van der Waals surface area contributed by atoms with Gasteiger partial charge in [-0.1, -0.05) is 17.7 Å². The summed E-state index contributed by atoms with van der Waals surface area (Å²) in [6.45, 7) is 3.89. The van der Waals surface area contributed by atoms with E-state index in [1.165, 1.54) is 0 Å². The molecule has 1 aromatic carbocycles. The number of aliphatic carboxylic acids is 1. The van der Waals surface area contributed by atoms with Gasteiger partial charge in [-0.15, -0.1) is 0 Å². The number of aryl methyl sites for hydroxylation is 1. The third-order valence-electron chi connectivity index (χ3n) is 2.81. The van der Waals surface area contributed by atoms with Crippen LogP contribution in [-0.2, 0) is 11.2 Å². The summed E-state index contributed by atoms with van der Waals surface area (Å²) < 4.78 is 5.34. The molecule has 1 N–H and O–H groups in total. The summed E-state index contributed by atoms with van der Waals surface area (Å²) in [7, 11) is 1.62. The van der Waals surface area contributed by atoms with E-state index in [0.29, 0.717) is 12.8 Å². The summed E-state index contributed by atoms with van der Waals surface area (Å²) >= 11 is 6.21. The lowest BCUT2D eigenvalue weighted by Crippen LogP contribution is -1.98. The van der Waals surface area contributed by atoms with Gasteiger partial charge >= 0.3 is 5.97 Å². The summed E-state index contributed by atoms with van der Waals surface area (Å²) in [4.78, 5) is 10.4. The third-order valence-corrected chi connectivity index (χ3v) is 3.40. The Morgan fingerprint density at radius 1 is 1.50 bits per heavy atom. The molecule has 0 unspecified atom stereocenters. The van der Waals surface area contributed by atoms with Crippen LogP contribution in [0.15, 0.2) is 18.2 Å². The van der Waals surface area contributed by atoms with Crippen molar-refractivity contribution in [2.45, 2.75) is 26.7 Å². The van der Waals surface area contributed by atoms with Gasteiger partial charge in [-0.2, -0.15) is 0 Å². The Hall–Kier alpha value is -1.48. The molecule has 0 saturated carbocycles. The van der Waals surface area contributed by atoms with Gasteiger partial charge in [0.15, 0.2) is 0 Å². The molecule has 0 fully saturated rings. The van der Waals surface area contributed by atoms with Crippen LogP contribution in [0.3, 0.4) is 0 Å². The molecule has 0 bridgehead atoms. The first-order valence-corrected chi connectivity index (χ1v) is 6.07. The molecule has 1 rings (SSSR count). The van der Waals surface area contributed by atoms with Crippen LogP contribution in [-0.4, -0.2) is 18.2 Å². The van der Waals surface area contributed by atoms with Crippen LogP contribution < -0.4 is 4.74 Å². The van der Waals surface area contributed by atoms with Crippen LogP contribution in [0.2, 0.25) is 5.02 Å². The molecule has 0 aliphatic heterocycles. The first-order valence-electron chi connectivity index (χ1n) is 5.69. The fourth-order valence-corrected chi connectivity index (χ4v) is 2.03. The number of rotatable bonds is 5. The van der Waals surface area contributed by atoms with E-state index >= 15 is 0 Å². The highest BCUT2D eigenvalue weighted by molar-refractivity contribution is 6.32. The second-order valence-electron chi connectivity index (χ2n) is 4.09. The molecule has 0 aliphatic rings. The second-order valence-corrected chi connectivity index (χ2v) is 4.47. The van der Waals surface area contributed by atoms with E-state index in [4.69, 9.17) is 21.4 Å². The summed E-state index contributed by atoms with van der Waals surface area (Å²) in [5, 5.41) is 9.26. The minimum absolute atomic E-state index is 0.642. The van der Waals surface area contributed by atoms with Gasteiger partial charge in [-0.3, -0.25) is 0 Å². The van der Waals surface area contributed by atoms with E-state index in [1.807, 2.05) is 19.9 Å². The molecule has 0 atom stereocenters. The van der Waals surface area contributed by atoms with Crippen LogP contribution in [0.1, 0.15) is 23.1 Å². The maximum absolute atomic E-state index is 10.4. The maximum atomic E-state index is 10.4. The summed E-state index contributed by atoms with van der Waals surface area (Å²) in [5.74, 6) is -0.126. The highest BCUT2D eigenvalue weighted by Crippen LogP contribution is 2.32. The van der Waals surface area contributed by atoms with Crippen molar-refractivity contribution in [3.63, 3.8) is 0 Å². The third kappa shape index (κ3) is 3.50. The topological polar surface area (TPSA) is 46.5 Å². The number of hydrogen-bond donors (Lipinski definition) is 1. The maximum Gasteiger partial charge on any atom is 0.327 e. The van der Waals surface area contributed by atoms with Gasteiger partial charge in [-0.05, 0) is 49.4 Å². The molecule has 98 valence electrons. The number of halogens is 1. The fourth-order valence-electron chi connectivity index (χ4n) is 1.86. The van der Waals surface area contributed by atoms with E-state index in [9.17, 15) is 4.79 Å². The number of allylic oxidation sites excluding steroid dienone is 1. The van der Waals surface area contributed by atoms with Crippen molar-refractivity contribution in [1.29, 1.82) is 0 Å². The molecule has 0 saturated heterocycles. The molecular weight excluding hydrogens is 252 g/mol. The highest BCUT2D eigenvalue weighted by atomic mass is 35.5. The average Bonchev–Trinajstić information content (AvgIpc) is 2.33. The summed E-state index contributed by atoms with van der Waals surface area (Å²) in [6, 6.07) is 1.91. The lowest BCUT2D eigenvalue weighted by atomic mass is 10.00. The normalized spacial score (nSPS) is 10.9. The predicted molar refractivity (Wildman–Crippen MR) is 72.6 cm³/mol. The number of ether oxygens (including phenoxy) is 1. The lowest BCUT2D eigenvalue weighted by molar-refractivity contribution is -0.131. The van der Waals surface area contributed by atoms with Crippen molar-refractivity contribution in [3.05, 3.63) is 39.9 Å². The molecule has 0 aromatic heterocycles. The Kier molecular flexibility index (Phi) is 5.23. The number of methoxy groups -OCH3 is 1. The van der Waals surface area contributed by atoms with Crippen LogP contribution in [0, 0.1) is 13.8 Å². The Bertz CT molecular complexity index is 478. The van der Waals surface area contributed by atoms with Crippen LogP contribution in [0.4, 0.5) is 0 Å². The number of benzene rings is 1. The van der Waals surface area contributed by atoms with E-state index in [2.05, 4.69) is 0 Å². The molecule has 4 heteroatoms. The van der Waals surface area contributed by atoms with Crippen molar-refractivity contribution in [1.82, 2.24) is 0 Å². The molecule has 0 amide bonds. The van der Waals surface area contributed by atoms with Gasteiger partial charge in [0.1, 0.15) is 5.75 Å². The smallest absolute Gasteiger partial charge is 0.327 e. The molecule has 0 heterocycles. The minimum atomic E-state index is -0.930. The number of hydrogen-bond acceptors (Lipinski definition) is 2. The summed E-state index contributed by atoms with van der Waals surface area (Å²) in [5.41, 5.74) is 3.01. The zero-order chi connectivity index (χ0) is 13.7. The van der Waals surface area contributed by atoms with Gasteiger partial charge in [-0.25, -0.2) is 4.79 Å². The van der Waals surface area contributed by atoms with Crippen molar-refractivity contribution in [2.24, 2.45) is 0 Å². The van der Waals surface area contributed by atoms with E-state index in [-0.39, 0.29) is 0 Å². The fraction of sp³-hybridized carbons (Fsp3) is 0.357. The Morgan fingerprint density at radius 2 is 2.17 bits per heavy atom. The van der Waals surface area contributed by atoms with Crippen molar-refractivity contribution in [3.8, 4) is 5.75 Å². The van der Waals surface area contributed by atoms with Gasteiger partial charge < -0.3 is 9.84 Å². The number of carboxylic acid groups (broad SMARTS) is 1. The molecule has 18 heavy (non-hydrogen) atoms. The van der Waals surface area contributed by atoms with Crippen LogP contribution in [0.5, 0.6) is 5.75 Å². The van der Waals surface area contributed by atoms with Crippen molar-refractivity contribution < 1.29 is 14.6 Å². The predicted octanol–water partition coefficient (Wildman–Crippen LogP) is 3.54. The largest absolute Gasteiger partial charge is 0.496 e. The first-order chi connectivity index (χ1) is 8.47. The molecular formula is C14H17ClO3. The molecule has 0 spiro atoms. The van der Waals surface area contributed by atoms with Crippen LogP contribution in [0.25, 0.3) is 0 Å². The van der Waals surface area contributed by atoms with Gasteiger partial charge in [0.25, 0.3) is 0 Å². The van der Waals surface area contributed by atoms with Crippen molar-refractivity contribution >= 4 is 17.6 Å². The van der Waals surface area contributed by atoms with E-state index in [1.54, 1.807) is 13.2 Å².